The van der Waals surface area contributed by atoms with Crippen LogP contribution in [0.5, 0.6) is 0 Å². The van der Waals surface area contributed by atoms with Gasteiger partial charge in [0, 0.05) is 5.56 Å². The maximum absolute atomic E-state index is 13.5. The van der Waals surface area contributed by atoms with Gasteiger partial charge in [-0.25, -0.2) is 4.39 Å². The normalized spacial score (nSPS) is 18.0. The summed E-state index contributed by atoms with van der Waals surface area (Å²) < 4.78 is 13.5. The Balaban J connectivity index is 2.62. The van der Waals surface area contributed by atoms with Crippen LogP contribution < -0.4 is 0 Å². The highest BCUT2D eigenvalue weighted by Gasteiger charge is 2.42. The Morgan fingerprint density at radius 3 is 2.47 bits per heavy atom. The van der Waals surface area contributed by atoms with E-state index in [1.807, 2.05) is 0 Å². The van der Waals surface area contributed by atoms with Crippen LogP contribution in [0.2, 0.25) is 0 Å². The summed E-state index contributed by atoms with van der Waals surface area (Å²) in [5, 5.41) is 9.61. The van der Waals surface area contributed by atoms with Crippen molar-refractivity contribution in [3.8, 4) is 0 Å². The molecule has 102 valence electrons. The number of hydrogen-bond acceptors (Lipinski definition) is 2. The van der Waals surface area contributed by atoms with Crippen molar-refractivity contribution in [1.82, 2.24) is 0 Å². The Morgan fingerprint density at radius 2 is 1.95 bits per heavy atom. The molecule has 1 aliphatic carbocycles. The molecule has 0 heterocycles. The minimum atomic E-state index is -1.03. The van der Waals surface area contributed by atoms with Crippen molar-refractivity contribution in [2.24, 2.45) is 0 Å². The predicted octanol–water partition coefficient (Wildman–Crippen LogP) is 3.23. The quantitative estimate of drug-likeness (QED) is 0.853. The SMILES string of the molecule is Cc1cc(C2(C(=O)O)CCCCC2)c(C=O)cc1F. The lowest BCUT2D eigenvalue weighted by atomic mass is 9.68. The molecule has 0 spiro atoms. The Bertz CT molecular complexity index is 516. The van der Waals surface area contributed by atoms with E-state index in [0.29, 0.717) is 30.3 Å². The number of carboxylic acids is 1. The summed E-state index contributed by atoms with van der Waals surface area (Å²) in [4.78, 5) is 22.9. The number of carbonyl (C=O) groups excluding carboxylic acids is 1. The smallest absolute Gasteiger partial charge is 0.314 e. The number of halogens is 1. The van der Waals surface area contributed by atoms with Gasteiger partial charge in [0.2, 0.25) is 0 Å². The molecule has 1 fully saturated rings. The molecule has 1 aromatic rings. The summed E-state index contributed by atoms with van der Waals surface area (Å²) in [6.07, 6.45) is 4.22. The maximum Gasteiger partial charge on any atom is 0.314 e. The van der Waals surface area contributed by atoms with Crippen molar-refractivity contribution in [2.45, 2.75) is 44.4 Å². The van der Waals surface area contributed by atoms with Gasteiger partial charge in [-0.15, -0.1) is 0 Å². The fourth-order valence-electron chi connectivity index (χ4n) is 2.96. The summed E-state index contributed by atoms with van der Waals surface area (Å²) in [6.45, 7) is 1.59. The second-order valence-electron chi connectivity index (χ2n) is 5.25. The van der Waals surface area contributed by atoms with E-state index in [1.54, 1.807) is 6.92 Å². The van der Waals surface area contributed by atoms with Crippen LogP contribution in [0.1, 0.15) is 53.6 Å². The summed E-state index contributed by atoms with van der Waals surface area (Å²) in [5.41, 5.74) is -0.0275. The van der Waals surface area contributed by atoms with Crippen LogP contribution in [0, 0.1) is 12.7 Å². The number of aldehydes is 1. The van der Waals surface area contributed by atoms with Crippen LogP contribution in [-0.2, 0) is 10.2 Å². The number of carboxylic acid groups (broad SMARTS) is 1. The van der Waals surface area contributed by atoms with Crippen LogP contribution in [0.3, 0.4) is 0 Å². The maximum atomic E-state index is 13.5. The van der Waals surface area contributed by atoms with Gasteiger partial charge < -0.3 is 5.11 Å². The Hall–Kier alpha value is -1.71. The van der Waals surface area contributed by atoms with E-state index in [0.717, 1.165) is 25.3 Å². The molecule has 0 aliphatic heterocycles. The molecule has 0 saturated heterocycles. The minimum absolute atomic E-state index is 0.160. The molecule has 1 N–H and O–H groups in total. The third kappa shape index (κ3) is 2.27. The van der Waals surface area contributed by atoms with E-state index < -0.39 is 17.2 Å². The summed E-state index contributed by atoms with van der Waals surface area (Å²) in [6, 6.07) is 2.68. The number of carbonyl (C=O) groups is 2. The minimum Gasteiger partial charge on any atom is -0.481 e. The molecule has 0 atom stereocenters. The molecule has 1 aliphatic rings. The topological polar surface area (TPSA) is 54.4 Å². The van der Waals surface area contributed by atoms with Crippen molar-refractivity contribution in [3.05, 3.63) is 34.6 Å². The Labute approximate surface area is 111 Å². The van der Waals surface area contributed by atoms with E-state index in [2.05, 4.69) is 0 Å². The fraction of sp³-hybridized carbons (Fsp3) is 0.467. The van der Waals surface area contributed by atoms with Gasteiger partial charge in [-0.1, -0.05) is 25.3 Å². The fourth-order valence-corrected chi connectivity index (χ4v) is 2.96. The summed E-state index contributed by atoms with van der Waals surface area (Å²) in [7, 11) is 0. The van der Waals surface area contributed by atoms with Gasteiger partial charge in [0.05, 0.1) is 5.41 Å². The summed E-state index contributed by atoms with van der Waals surface area (Å²) in [5.74, 6) is -1.39. The molecule has 3 nitrogen and oxygen atoms in total. The molecule has 1 aromatic carbocycles. The number of benzene rings is 1. The standard InChI is InChI=1S/C15H17FO3/c1-10-7-12(11(9-17)8-13(10)16)15(14(18)19)5-3-2-4-6-15/h7-9H,2-6H2,1H3,(H,18,19). The zero-order valence-corrected chi connectivity index (χ0v) is 10.9. The second-order valence-corrected chi connectivity index (χ2v) is 5.25. The van der Waals surface area contributed by atoms with E-state index in [-0.39, 0.29) is 5.56 Å². The highest BCUT2D eigenvalue weighted by Crippen LogP contribution is 2.41. The lowest BCUT2D eigenvalue weighted by molar-refractivity contribution is -0.145. The van der Waals surface area contributed by atoms with Crippen LogP contribution in [0.15, 0.2) is 12.1 Å². The number of aryl methyl sites for hydroxylation is 1. The zero-order valence-electron chi connectivity index (χ0n) is 10.9. The van der Waals surface area contributed by atoms with Crippen molar-refractivity contribution < 1.29 is 19.1 Å². The molecule has 2 rings (SSSR count). The lowest BCUT2D eigenvalue weighted by Crippen LogP contribution is -2.38. The van der Waals surface area contributed by atoms with E-state index >= 15 is 0 Å². The first-order chi connectivity index (χ1) is 9.01. The second kappa shape index (κ2) is 5.11. The van der Waals surface area contributed by atoms with Crippen LogP contribution in [0.4, 0.5) is 4.39 Å². The number of rotatable bonds is 3. The van der Waals surface area contributed by atoms with E-state index in [9.17, 15) is 19.1 Å². The predicted molar refractivity (Wildman–Crippen MR) is 68.9 cm³/mol. The van der Waals surface area contributed by atoms with Gasteiger partial charge in [-0.3, -0.25) is 9.59 Å². The van der Waals surface area contributed by atoms with Gasteiger partial charge in [-0.05, 0) is 37.0 Å². The molecule has 4 heteroatoms. The van der Waals surface area contributed by atoms with Gasteiger partial charge in [0.25, 0.3) is 0 Å². The molecule has 0 unspecified atom stereocenters. The average Bonchev–Trinajstić information content (AvgIpc) is 2.42. The molecular formula is C15H17FO3. The van der Waals surface area contributed by atoms with Crippen LogP contribution >= 0.6 is 0 Å². The average molecular weight is 264 g/mol. The lowest BCUT2D eigenvalue weighted by Gasteiger charge is -2.34. The molecule has 0 bridgehead atoms. The zero-order chi connectivity index (χ0) is 14.0. The van der Waals surface area contributed by atoms with Crippen molar-refractivity contribution in [1.29, 1.82) is 0 Å². The highest BCUT2D eigenvalue weighted by atomic mass is 19.1. The van der Waals surface area contributed by atoms with Crippen molar-refractivity contribution in [3.63, 3.8) is 0 Å². The van der Waals surface area contributed by atoms with Crippen LogP contribution in [-0.4, -0.2) is 17.4 Å². The van der Waals surface area contributed by atoms with Crippen molar-refractivity contribution in [2.75, 3.05) is 0 Å². The van der Waals surface area contributed by atoms with E-state index in [1.165, 1.54) is 6.07 Å². The monoisotopic (exact) mass is 264 g/mol. The first-order valence-electron chi connectivity index (χ1n) is 6.50. The Morgan fingerprint density at radius 1 is 1.32 bits per heavy atom. The van der Waals surface area contributed by atoms with E-state index in [4.69, 9.17) is 0 Å². The van der Waals surface area contributed by atoms with Crippen molar-refractivity contribution >= 4 is 12.3 Å². The Kier molecular flexibility index (Phi) is 3.69. The third-order valence-electron chi connectivity index (χ3n) is 4.09. The number of hydrogen-bond donors (Lipinski definition) is 1. The molecule has 0 amide bonds. The number of aliphatic carboxylic acids is 1. The third-order valence-corrected chi connectivity index (χ3v) is 4.09. The molecule has 19 heavy (non-hydrogen) atoms. The first-order valence-corrected chi connectivity index (χ1v) is 6.50. The van der Waals surface area contributed by atoms with Gasteiger partial charge in [-0.2, -0.15) is 0 Å². The largest absolute Gasteiger partial charge is 0.481 e. The van der Waals surface area contributed by atoms with Gasteiger partial charge in [0.15, 0.2) is 0 Å². The van der Waals surface area contributed by atoms with Gasteiger partial charge >= 0.3 is 5.97 Å². The summed E-state index contributed by atoms with van der Waals surface area (Å²) >= 11 is 0. The van der Waals surface area contributed by atoms with Gasteiger partial charge in [0.1, 0.15) is 12.1 Å². The molecule has 1 saturated carbocycles. The molecule has 0 aromatic heterocycles. The highest BCUT2D eigenvalue weighted by molar-refractivity contribution is 5.87. The molecular weight excluding hydrogens is 247 g/mol. The van der Waals surface area contributed by atoms with Crippen LogP contribution in [0.25, 0.3) is 0 Å². The first kappa shape index (κ1) is 13.7. The molecule has 0 radical (unpaired) electrons.